The van der Waals surface area contributed by atoms with E-state index >= 15 is 0 Å². The molecule has 1 amide bonds. The SMILES string of the molecule is N#Cc1ccc(CN2CCCN(CC(=O)NCCC3=CCCCC3)CC2)cc1. The van der Waals surface area contributed by atoms with Gasteiger partial charge in [-0.2, -0.15) is 5.26 Å². The van der Waals surface area contributed by atoms with Gasteiger partial charge >= 0.3 is 0 Å². The molecule has 2 aliphatic rings. The minimum atomic E-state index is 0.150. The Labute approximate surface area is 169 Å². The Balaban J connectivity index is 1.36. The van der Waals surface area contributed by atoms with Gasteiger partial charge in [-0.25, -0.2) is 0 Å². The van der Waals surface area contributed by atoms with Crippen LogP contribution in [0.2, 0.25) is 0 Å². The lowest BCUT2D eigenvalue weighted by molar-refractivity contribution is -0.122. The predicted octanol–water partition coefficient (Wildman–Crippen LogP) is 3.07. The van der Waals surface area contributed by atoms with Crippen LogP contribution in [0.5, 0.6) is 0 Å². The van der Waals surface area contributed by atoms with Crippen LogP contribution in [0.3, 0.4) is 0 Å². The number of amides is 1. The van der Waals surface area contributed by atoms with E-state index < -0.39 is 0 Å². The molecule has 0 aromatic heterocycles. The number of rotatable bonds is 7. The molecule has 3 rings (SSSR count). The maximum Gasteiger partial charge on any atom is 0.234 e. The molecule has 0 radical (unpaired) electrons. The molecule has 28 heavy (non-hydrogen) atoms. The first kappa shape index (κ1) is 20.6. The van der Waals surface area contributed by atoms with Crippen LogP contribution in [-0.2, 0) is 11.3 Å². The van der Waals surface area contributed by atoms with Gasteiger partial charge in [0.15, 0.2) is 0 Å². The van der Waals surface area contributed by atoms with Crippen molar-refractivity contribution in [2.45, 2.75) is 45.1 Å². The first-order valence-corrected chi connectivity index (χ1v) is 10.6. The molecule has 0 unspecified atom stereocenters. The van der Waals surface area contributed by atoms with Gasteiger partial charge in [0.05, 0.1) is 18.2 Å². The van der Waals surface area contributed by atoms with Gasteiger partial charge in [0.25, 0.3) is 0 Å². The zero-order valence-electron chi connectivity index (χ0n) is 16.8. The number of benzene rings is 1. The predicted molar refractivity (Wildman–Crippen MR) is 112 cm³/mol. The van der Waals surface area contributed by atoms with Crippen molar-refractivity contribution in [1.29, 1.82) is 5.26 Å². The third-order valence-electron chi connectivity index (χ3n) is 5.69. The highest BCUT2D eigenvalue weighted by molar-refractivity contribution is 5.78. The zero-order chi connectivity index (χ0) is 19.6. The number of hydrogen-bond acceptors (Lipinski definition) is 4. The highest BCUT2D eigenvalue weighted by atomic mass is 16.2. The van der Waals surface area contributed by atoms with Crippen molar-refractivity contribution in [3.05, 3.63) is 47.0 Å². The van der Waals surface area contributed by atoms with Crippen molar-refractivity contribution in [3.8, 4) is 6.07 Å². The van der Waals surface area contributed by atoms with Crippen molar-refractivity contribution in [2.24, 2.45) is 0 Å². The van der Waals surface area contributed by atoms with Gasteiger partial charge in [-0.1, -0.05) is 23.8 Å². The number of nitrogens with one attached hydrogen (secondary N) is 1. The third-order valence-corrected chi connectivity index (χ3v) is 5.69. The standard InChI is InChI=1S/C23H32N4O/c24-17-21-7-9-22(10-8-21)18-26-13-4-14-27(16-15-26)19-23(28)25-12-11-20-5-2-1-3-6-20/h5,7-10H,1-4,6,11-16,18-19H2,(H,25,28). The second-order valence-corrected chi connectivity index (χ2v) is 7.92. The molecule has 1 aromatic rings. The van der Waals surface area contributed by atoms with Crippen molar-refractivity contribution in [3.63, 3.8) is 0 Å². The van der Waals surface area contributed by atoms with Crippen LogP contribution in [0.15, 0.2) is 35.9 Å². The van der Waals surface area contributed by atoms with E-state index in [0.29, 0.717) is 12.1 Å². The molecule has 1 N–H and O–H groups in total. The summed E-state index contributed by atoms with van der Waals surface area (Å²) < 4.78 is 0. The molecule has 1 aliphatic carbocycles. The smallest absolute Gasteiger partial charge is 0.234 e. The van der Waals surface area contributed by atoms with E-state index in [2.05, 4.69) is 27.3 Å². The van der Waals surface area contributed by atoms with Crippen LogP contribution in [-0.4, -0.2) is 55.0 Å². The number of hydrogen-bond donors (Lipinski definition) is 1. The third kappa shape index (κ3) is 6.78. The van der Waals surface area contributed by atoms with Crippen LogP contribution >= 0.6 is 0 Å². The second kappa shape index (κ2) is 11.0. The molecule has 1 aliphatic heterocycles. The summed E-state index contributed by atoms with van der Waals surface area (Å²) in [4.78, 5) is 17.0. The zero-order valence-corrected chi connectivity index (χ0v) is 16.8. The van der Waals surface area contributed by atoms with Gasteiger partial charge in [0.1, 0.15) is 0 Å². The van der Waals surface area contributed by atoms with Gasteiger partial charge < -0.3 is 5.32 Å². The Kier molecular flexibility index (Phi) is 8.07. The van der Waals surface area contributed by atoms with Gasteiger partial charge in [-0.05, 0) is 69.3 Å². The van der Waals surface area contributed by atoms with Crippen LogP contribution in [0.4, 0.5) is 0 Å². The molecule has 1 saturated heterocycles. The largest absolute Gasteiger partial charge is 0.355 e. The Morgan fingerprint density at radius 2 is 1.82 bits per heavy atom. The molecule has 1 fully saturated rings. The summed E-state index contributed by atoms with van der Waals surface area (Å²) in [5.41, 5.74) is 3.46. The van der Waals surface area contributed by atoms with Gasteiger partial charge in [-0.15, -0.1) is 0 Å². The maximum atomic E-state index is 12.3. The second-order valence-electron chi connectivity index (χ2n) is 7.92. The Morgan fingerprint density at radius 1 is 1.04 bits per heavy atom. The molecule has 5 heteroatoms. The summed E-state index contributed by atoms with van der Waals surface area (Å²) in [5, 5.41) is 12.0. The molecular formula is C23H32N4O. The molecule has 150 valence electrons. The summed E-state index contributed by atoms with van der Waals surface area (Å²) in [6.45, 7) is 6.09. The number of allylic oxidation sites excluding steroid dienone is 1. The summed E-state index contributed by atoms with van der Waals surface area (Å²) in [6, 6.07) is 10.0. The van der Waals surface area contributed by atoms with E-state index in [0.717, 1.165) is 52.1 Å². The molecule has 0 spiro atoms. The Bertz CT molecular complexity index is 704. The van der Waals surface area contributed by atoms with Gasteiger partial charge in [-0.3, -0.25) is 14.6 Å². The number of carbonyl (C=O) groups excluding carboxylic acids is 1. The van der Waals surface area contributed by atoms with Crippen molar-refractivity contribution in [1.82, 2.24) is 15.1 Å². The maximum absolute atomic E-state index is 12.3. The van der Waals surface area contributed by atoms with E-state index in [1.807, 2.05) is 24.3 Å². The fourth-order valence-electron chi connectivity index (χ4n) is 4.04. The summed E-state index contributed by atoms with van der Waals surface area (Å²) in [5.74, 6) is 0.150. The highest BCUT2D eigenvalue weighted by Crippen LogP contribution is 2.19. The molecule has 0 saturated carbocycles. The summed E-state index contributed by atoms with van der Waals surface area (Å²) in [6.07, 6.45) is 9.46. The lowest BCUT2D eigenvalue weighted by Crippen LogP contribution is -2.39. The summed E-state index contributed by atoms with van der Waals surface area (Å²) in [7, 11) is 0. The average molecular weight is 381 g/mol. The van der Waals surface area contributed by atoms with E-state index in [1.165, 1.54) is 36.8 Å². The monoisotopic (exact) mass is 380 g/mol. The van der Waals surface area contributed by atoms with Crippen molar-refractivity contribution in [2.75, 3.05) is 39.3 Å². The number of nitriles is 1. The Morgan fingerprint density at radius 3 is 2.57 bits per heavy atom. The fourth-order valence-corrected chi connectivity index (χ4v) is 4.04. The van der Waals surface area contributed by atoms with E-state index in [4.69, 9.17) is 5.26 Å². The fraction of sp³-hybridized carbons (Fsp3) is 0.565. The number of nitrogens with zero attached hydrogens (tertiary/aromatic N) is 3. The van der Waals surface area contributed by atoms with Crippen LogP contribution in [0.1, 0.15) is 49.7 Å². The van der Waals surface area contributed by atoms with Crippen LogP contribution in [0.25, 0.3) is 0 Å². The van der Waals surface area contributed by atoms with E-state index in [-0.39, 0.29) is 5.91 Å². The van der Waals surface area contributed by atoms with E-state index in [1.54, 1.807) is 0 Å². The summed E-state index contributed by atoms with van der Waals surface area (Å²) >= 11 is 0. The van der Waals surface area contributed by atoms with Crippen LogP contribution in [0, 0.1) is 11.3 Å². The highest BCUT2D eigenvalue weighted by Gasteiger charge is 2.17. The van der Waals surface area contributed by atoms with Crippen LogP contribution < -0.4 is 5.32 Å². The van der Waals surface area contributed by atoms with Crippen molar-refractivity contribution < 1.29 is 4.79 Å². The van der Waals surface area contributed by atoms with Gasteiger partial charge in [0, 0.05) is 26.2 Å². The lowest BCUT2D eigenvalue weighted by Gasteiger charge is -2.21. The van der Waals surface area contributed by atoms with Crippen molar-refractivity contribution >= 4 is 5.91 Å². The minimum absolute atomic E-state index is 0.150. The normalized spacial score (nSPS) is 18.8. The number of carbonyl (C=O) groups is 1. The first-order valence-electron chi connectivity index (χ1n) is 10.6. The average Bonchev–Trinajstić information content (AvgIpc) is 2.94. The quantitative estimate of drug-likeness (QED) is 0.739. The minimum Gasteiger partial charge on any atom is -0.355 e. The molecule has 0 bridgehead atoms. The molecule has 1 aromatic carbocycles. The molecular weight excluding hydrogens is 348 g/mol. The molecule has 5 nitrogen and oxygen atoms in total. The molecule has 1 heterocycles. The first-order chi connectivity index (χ1) is 13.7. The van der Waals surface area contributed by atoms with Gasteiger partial charge in [0.2, 0.25) is 5.91 Å². The lowest BCUT2D eigenvalue weighted by atomic mass is 9.97. The Hall–Kier alpha value is -2.16. The topological polar surface area (TPSA) is 59.4 Å². The van der Waals surface area contributed by atoms with E-state index in [9.17, 15) is 4.79 Å². The molecule has 0 atom stereocenters.